The fourth-order valence-electron chi connectivity index (χ4n) is 5.17. The molecule has 0 saturated carbocycles. The molecule has 0 radical (unpaired) electrons. The Bertz CT molecular complexity index is 1210. The Morgan fingerprint density at radius 2 is 1.36 bits per heavy atom. The molecular formula is C34H56N5O5P. The molecular weight excluding hydrogens is 589 g/mol. The lowest BCUT2D eigenvalue weighted by Crippen LogP contribution is -2.11. The molecule has 0 aliphatic heterocycles. The quantitative estimate of drug-likeness (QED) is 0.0610. The number of benzene rings is 1. The van der Waals surface area contributed by atoms with E-state index in [0.717, 1.165) is 12.0 Å². The molecule has 1 atom stereocenters. The first-order chi connectivity index (χ1) is 22.1. The Hall–Kier alpha value is -2.36. The van der Waals surface area contributed by atoms with Gasteiger partial charge in [0.1, 0.15) is 18.2 Å². The predicted octanol–water partition coefficient (Wildman–Crippen LogP) is 8.70. The highest BCUT2D eigenvalue weighted by molar-refractivity contribution is 7.53. The van der Waals surface area contributed by atoms with E-state index in [1.807, 2.05) is 34.9 Å². The van der Waals surface area contributed by atoms with E-state index in [4.69, 9.17) is 24.3 Å². The minimum absolute atomic E-state index is 0.164. The third-order valence-corrected chi connectivity index (χ3v) is 9.43. The molecule has 45 heavy (non-hydrogen) atoms. The van der Waals surface area contributed by atoms with Gasteiger partial charge in [0, 0.05) is 13.2 Å². The highest BCUT2D eigenvalue weighted by Crippen LogP contribution is 2.48. The van der Waals surface area contributed by atoms with Crippen LogP contribution in [-0.2, 0) is 36.2 Å². The summed E-state index contributed by atoms with van der Waals surface area (Å²) < 4.78 is 38.3. The summed E-state index contributed by atoms with van der Waals surface area (Å²) in [5, 5.41) is 0. The average Bonchev–Trinajstić information content (AvgIpc) is 3.48. The fraction of sp³-hybridized carbons (Fsp3) is 0.676. The van der Waals surface area contributed by atoms with Gasteiger partial charge in [-0.2, -0.15) is 0 Å². The molecule has 252 valence electrons. The second-order valence-corrected chi connectivity index (χ2v) is 13.7. The van der Waals surface area contributed by atoms with E-state index in [9.17, 15) is 4.57 Å². The van der Waals surface area contributed by atoms with Gasteiger partial charge in [0.2, 0.25) is 0 Å². The molecule has 0 fully saturated rings. The number of ether oxygens (including phenoxy) is 2. The van der Waals surface area contributed by atoms with Gasteiger partial charge in [-0.25, -0.2) is 15.0 Å². The summed E-state index contributed by atoms with van der Waals surface area (Å²) in [6, 6.07) is 9.60. The highest BCUT2D eigenvalue weighted by Gasteiger charge is 2.25. The van der Waals surface area contributed by atoms with Crippen LogP contribution in [0.3, 0.4) is 0 Å². The summed E-state index contributed by atoms with van der Waals surface area (Å²) in [4.78, 5) is 12.5. The lowest BCUT2D eigenvalue weighted by molar-refractivity contribution is 0.0756. The van der Waals surface area contributed by atoms with Gasteiger partial charge >= 0.3 is 7.60 Å². The van der Waals surface area contributed by atoms with Crippen molar-refractivity contribution in [2.24, 2.45) is 0 Å². The fourth-order valence-corrected chi connectivity index (χ4v) is 6.45. The van der Waals surface area contributed by atoms with Crippen LogP contribution in [0.2, 0.25) is 0 Å². The zero-order chi connectivity index (χ0) is 31.8. The van der Waals surface area contributed by atoms with Gasteiger partial charge in [-0.3, -0.25) is 4.57 Å². The molecule has 2 N–H and O–H groups in total. The van der Waals surface area contributed by atoms with Crippen LogP contribution in [0.4, 0.5) is 5.82 Å². The largest absolute Gasteiger partial charge is 0.382 e. The average molecular weight is 646 g/mol. The minimum atomic E-state index is -3.51. The number of hydrogen-bond acceptors (Lipinski definition) is 9. The third-order valence-electron chi connectivity index (χ3n) is 7.83. The van der Waals surface area contributed by atoms with Crippen molar-refractivity contribution in [2.45, 2.75) is 116 Å². The second-order valence-electron chi connectivity index (χ2n) is 11.7. The smallest absolute Gasteiger partial charge is 0.356 e. The maximum atomic E-state index is 13.5. The Morgan fingerprint density at radius 1 is 0.711 bits per heavy atom. The predicted molar refractivity (Wildman–Crippen MR) is 181 cm³/mol. The molecule has 1 aromatic carbocycles. The number of fused-ring (bicyclic) bond motifs is 1. The molecule has 0 bridgehead atoms. The van der Waals surface area contributed by atoms with Crippen molar-refractivity contribution in [1.82, 2.24) is 19.5 Å². The van der Waals surface area contributed by atoms with E-state index in [-0.39, 0.29) is 26.2 Å². The number of nitrogen functional groups attached to an aromatic ring is 1. The zero-order valence-corrected chi connectivity index (χ0v) is 28.3. The summed E-state index contributed by atoms with van der Waals surface area (Å²) in [7, 11) is -3.51. The van der Waals surface area contributed by atoms with Gasteiger partial charge in [0.25, 0.3) is 0 Å². The number of anilines is 1. The first-order valence-corrected chi connectivity index (χ1v) is 18.8. The number of nitrogens with two attached hydrogens (primary N) is 1. The van der Waals surface area contributed by atoms with Crippen LogP contribution >= 0.6 is 7.60 Å². The lowest BCUT2D eigenvalue weighted by atomic mass is 10.0. The normalized spacial score (nSPS) is 13.0. The maximum absolute atomic E-state index is 13.5. The van der Waals surface area contributed by atoms with Gasteiger partial charge in [-0.1, -0.05) is 127 Å². The SMILES string of the molecule is CCCCCCCCCCCCCCCCCOCCOP(=O)(COCCn1cnc2c(N)ncnc21)OCc1ccccc1. The van der Waals surface area contributed by atoms with Gasteiger partial charge in [0.15, 0.2) is 11.5 Å². The van der Waals surface area contributed by atoms with Crippen molar-refractivity contribution in [1.29, 1.82) is 0 Å². The summed E-state index contributed by atoms with van der Waals surface area (Å²) in [6.07, 6.45) is 22.9. The van der Waals surface area contributed by atoms with Crippen molar-refractivity contribution >= 4 is 24.6 Å². The zero-order valence-electron chi connectivity index (χ0n) is 27.5. The van der Waals surface area contributed by atoms with Crippen LogP contribution in [0.1, 0.15) is 109 Å². The van der Waals surface area contributed by atoms with Gasteiger partial charge in [0.05, 0.1) is 32.8 Å². The van der Waals surface area contributed by atoms with Crippen LogP contribution in [-0.4, -0.2) is 52.3 Å². The molecule has 0 amide bonds. The number of aromatic nitrogens is 4. The second kappa shape index (κ2) is 23.0. The molecule has 1 unspecified atom stereocenters. The van der Waals surface area contributed by atoms with Crippen LogP contribution in [0.15, 0.2) is 43.0 Å². The van der Waals surface area contributed by atoms with Gasteiger partial charge in [-0.15, -0.1) is 0 Å². The van der Waals surface area contributed by atoms with E-state index in [0.29, 0.717) is 36.7 Å². The number of imidazole rings is 1. The number of hydrogen-bond donors (Lipinski definition) is 1. The Kier molecular flexibility index (Phi) is 19.0. The number of rotatable bonds is 28. The molecule has 10 nitrogen and oxygen atoms in total. The minimum Gasteiger partial charge on any atom is -0.382 e. The van der Waals surface area contributed by atoms with Gasteiger partial charge < -0.3 is 28.8 Å². The van der Waals surface area contributed by atoms with Crippen LogP contribution in [0.25, 0.3) is 11.2 Å². The Balaban J connectivity index is 1.23. The first kappa shape index (κ1) is 37.1. The van der Waals surface area contributed by atoms with Crippen LogP contribution in [0, 0.1) is 0 Å². The molecule has 0 aliphatic carbocycles. The lowest BCUT2D eigenvalue weighted by Gasteiger charge is -2.19. The van der Waals surface area contributed by atoms with Crippen molar-refractivity contribution in [3.63, 3.8) is 0 Å². The van der Waals surface area contributed by atoms with E-state index in [2.05, 4.69) is 21.9 Å². The molecule has 0 spiro atoms. The summed E-state index contributed by atoms with van der Waals surface area (Å²) in [5.41, 5.74) is 7.94. The molecule has 11 heteroatoms. The molecule has 3 aromatic rings. The molecule has 2 aromatic heterocycles. The topological polar surface area (TPSA) is 124 Å². The van der Waals surface area contributed by atoms with E-state index in [1.165, 1.54) is 96.2 Å². The molecule has 0 aliphatic rings. The highest BCUT2D eigenvalue weighted by atomic mass is 31.2. The summed E-state index contributed by atoms with van der Waals surface area (Å²) in [6.45, 7) is 4.39. The van der Waals surface area contributed by atoms with E-state index >= 15 is 0 Å². The third kappa shape index (κ3) is 15.7. The van der Waals surface area contributed by atoms with Crippen molar-refractivity contribution in [3.8, 4) is 0 Å². The number of unbranched alkanes of at least 4 members (excludes halogenated alkanes) is 14. The van der Waals surface area contributed by atoms with Gasteiger partial charge in [-0.05, 0) is 12.0 Å². The molecule has 0 saturated heterocycles. The van der Waals surface area contributed by atoms with E-state index < -0.39 is 7.60 Å². The van der Waals surface area contributed by atoms with E-state index in [1.54, 1.807) is 6.33 Å². The molecule has 3 rings (SSSR count). The number of nitrogens with zero attached hydrogens (tertiary/aromatic N) is 4. The van der Waals surface area contributed by atoms with Crippen LogP contribution < -0.4 is 5.73 Å². The maximum Gasteiger partial charge on any atom is 0.356 e. The monoisotopic (exact) mass is 645 g/mol. The van der Waals surface area contributed by atoms with Crippen LogP contribution in [0.5, 0.6) is 0 Å². The Morgan fingerprint density at radius 3 is 2.02 bits per heavy atom. The summed E-state index contributed by atoms with van der Waals surface area (Å²) in [5.74, 6) is 0.327. The van der Waals surface area contributed by atoms with Crippen molar-refractivity contribution in [2.75, 3.05) is 38.5 Å². The first-order valence-electron chi connectivity index (χ1n) is 17.1. The summed E-state index contributed by atoms with van der Waals surface area (Å²) >= 11 is 0. The van der Waals surface area contributed by atoms with Crippen molar-refractivity contribution < 1.29 is 23.1 Å². The van der Waals surface area contributed by atoms with Crippen molar-refractivity contribution in [3.05, 3.63) is 48.5 Å². The Labute approximate surface area is 270 Å². The standard InChI is InChI=1S/C34H56N5O5P/c1-2-3-4-5-6-7-8-9-10-11-12-13-14-15-19-23-41-25-26-43-45(40,44-27-31-20-17-16-18-21-31)30-42-24-22-39-29-38-32-33(35)36-28-37-34(32)39/h16-18,20-21,28-29H,2-15,19,22-27,30H2,1H3,(H2,35,36,37). The molecule has 2 heterocycles.